The van der Waals surface area contributed by atoms with Gasteiger partial charge in [0.2, 0.25) is 11.7 Å². The van der Waals surface area contributed by atoms with Crippen LogP contribution in [0.15, 0.2) is 64.1 Å². The molecular formula is C39H50FN5O7SSi. The molecule has 15 heteroatoms. The zero-order valence-electron chi connectivity index (χ0n) is 32.8. The molecule has 2 aromatic carbocycles. The van der Waals surface area contributed by atoms with Gasteiger partial charge in [0.1, 0.15) is 17.5 Å². The summed E-state index contributed by atoms with van der Waals surface area (Å²) in [5, 5.41) is 6.47. The molecule has 0 saturated carbocycles. The molecule has 12 nitrogen and oxygen atoms in total. The summed E-state index contributed by atoms with van der Waals surface area (Å²) in [7, 11) is -6.25. The topological polar surface area (TPSA) is 154 Å². The second-order valence-corrected chi connectivity index (χ2v) is 24.0. The van der Waals surface area contributed by atoms with Gasteiger partial charge in [0, 0.05) is 17.2 Å². The van der Waals surface area contributed by atoms with E-state index in [1.165, 1.54) is 11.0 Å². The maximum atomic E-state index is 15.8. The van der Waals surface area contributed by atoms with Gasteiger partial charge in [0.05, 0.1) is 40.7 Å². The van der Waals surface area contributed by atoms with Gasteiger partial charge in [-0.25, -0.2) is 17.6 Å². The number of hydrogen-bond donors (Lipinski definition) is 1. The molecule has 54 heavy (non-hydrogen) atoms. The van der Waals surface area contributed by atoms with Crippen molar-refractivity contribution < 1.29 is 36.1 Å². The first-order valence-electron chi connectivity index (χ1n) is 17.7. The molecule has 2 aromatic heterocycles. The molecule has 1 N–H and O–H groups in total. The summed E-state index contributed by atoms with van der Waals surface area (Å²) in [6.07, 6.45) is 0.616. The van der Waals surface area contributed by atoms with Gasteiger partial charge >= 0.3 is 6.09 Å². The molecule has 0 spiro atoms. The Morgan fingerprint density at radius 3 is 2.20 bits per heavy atom. The fourth-order valence-electron chi connectivity index (χ4n) is 5.34. The second-order valence-electron chi connectivity index (χ2n) is 17.2. The van der Waals surface area contributed by atoms with Crippen LogP contribution in [0.25, 0.3) is 22.6 Å². The van der Waals surface area contributed by atoms with Crippen LogP contribution in [0, 0.1) is 5.82 Å². The van der Waals surface area contributed by atoms with Crippen LogP contribution in [-0.2, 0) is 42.4 Å². The largest absolute Gasteiger partial charge is 0.444 e. The summed E-state index contributed by atoms with van der Waals surface area (Å²) < 4.78 is 60.5. The minimum Gasteiger partial charge on any atom is -0.444 e. The summed E-state index contributed by atoms with van der Waals surface area (Å²) >= 11 is 0. The second kappa shape index (κ2) is 14.6. The summed E-state index contributed by atoms with van der Waals surface area (Å²) in [5.74, 6) is -2.36. The lowest BCUT2D eigenvalue weighted by Crippen LogP contribution is -2.51. The minimum atomic E-state index is -4.34. The number of anilines is 1. The minimum absolute atomic E-state index is 0.102. The van der Waals surface area contributed by atoms with E-state index in [4.69, 9.17) is 13.7 Å². The number of nitrogens with zero attached hydrogens (tertiary/aromatic N) is 4. The van der Waals surface area contributed by atoms with Crippen molar-refractivity contribution in [1.29, 1.82) is 0 Å². The van der Waals surface area contributed by atoms with E-state index in [9.17, 15) is 18.0 Å². The number of halogens is 1. The number of fused-ring (bicyclic) bond motifs is 1. The molecule has 0 radical (unpaired) electrons. The number of hydrogen-bond acceptors (Lipinski definition) is 10. The van der Waals surface area contributed by atoms with Crippen LogP contribution in [0.1, 0.15) is 79.3 Å². The fraction of sp³-hybridized carbons (Fsp3) is 0.462. The van der Waals surface area contributed by atoms with E-state index in [0.29, 0.717) is 17.9 Å². The van der Waals surface area contributed by atoms with Crippen molar-refractivity contribution in [2.45, 2.75) is 116 Å². The number of alkyl carbamates (subject to hydrolysis) is 1. The number of pyridine rings is 1. The Balaban J connectivity index is 1.49. The van der Waals surface area contributed by atoms with Crippen LogP contribution in [0.4, 0.5) is 14.9 Å². The highest BCUT2D eigenvalue weighted by Gasteiger charge is 2.41. The lowest BCUT2D eigenvalue weighted by molar-refractivity contribution is -0.120. The molecule has 0 unspecified atom stereocenters. The monoisotopic (exact) mass is 779 g/mol. The van der Waals surface area contributed by atoms with Crippen LogP contribution in [0.5, 0.6) is 0 Å². The molecule has 290 valence electrons. The highest BCUT2D eigenvalue weighted by atomic mass is 32.2. The summed E-state index contributed by atoms with van der Waals surface area (Å²) in [5.41, 5.74) is 1.43. The van der Waals surface area contributed by atoms with Gasteiger partial charge in [-0.3, -0.25) is 9.78 Å². The van der Waals surface area contributed by atoms with Gasteiger partial charge < -0.3 is 23.9 Å². The molecule has 1 aliphatic heterocycles. The zero-order valence-corrected chi connectivity index (χ0v) is 34.6. The van der Waals surface area contributed by atoms with E-state index < -0.39 is 63.7 Å². The van der Waals surface area contributed by atoms with Crippen LogP contribution in [0.2, 0.25) is 18.1 Å². The van der Waals surface area contributed by atoms with Crippen LogP contribution in [-0.4, -0.2) is 61.3 Å². The Morgan fingerprint density at radius 2 is 1.65 bits per heavy atom. The number of carbonyl (C=O) groups excluding carboxylic acids is 2. The maximum absolute atomic E-state index is 15.8. The van der Waals surface area contributed by atoms with Crippen LogP contribution in [0.3, 0.4) is 0 Å². The number of nitrogens with one attached hydrogen (secondary N) is 1. The Hall–Kier alpha value is -4.47. The highest BCUT2D eigenvalue weighted by Crippen LogP contribution is 2.39. The summed E-state index contributed by atoms with van der Waals surface area (Å²) in [6.45, 7) is 21.9. The quantitative estimate of drug-likeness (QED) is 0.174. The predicted molar refractivity (Wildman–Crippen MR) is 206 cm³/mol. The molecule has 1 atom stereocenters. The van der Waals surface area contributed by atoms with Gasteiger partial charge in [-0.2, -0.15) is 4.98 Å². The summed E-state index contributed by atoms with van der Waals surface area (Å²) in [4.78, 5) is 36.9. The van der Waals surface area contributed by atoms with E-state index in [1.807, 2.05) is 45.0 Å². The van der Waals surface area contributed by atoms with Gasteiger partial charge in [-0.15, -0.1) is 0 Å². The Kier molecular flexibility index (Phi) is 11.0. The van der Waals surface area contributed by atoms with Crippen LogP contribution < -0.4 is 10.2 Å². The van der Waals surface area contributed by atoms with E-state index in [1.54, 1.807) is 39.1 Å². The third-order valence-electron chi connectivity index (χ3n) is 9.45. The molecule has 3 heterocycles. The van der Waals surface area contributed by atoms with E-state index in [-0.39, 0.29) is 34.5 Å². The zero-order chi connectivity index (χ0) is 40.0. The number of rotatable bonds is 8. The van der Waals surface area contributed by atoms with Crippen molar-refractivity contribution >= 4 is 35.8 Å². The normalized spacial score (nSPS) is 16.5. The van der Waals surface area contributed by atoms with Crippen molar-refractivity contribution in [3.8, 4) is 22.6 Å². The summed E-state index contributed by atoms with van der Waals surface area (Å²) in [6, 6.07) is 12.1. The molecule has 0 aliphatic carbocycles. The first-order chi connectivity index (χ1) is 24.8. The van der Waals surface area contributed by atoms with Crippen molar-refractivity contribution in [1.82, 2.24) is 20.4 Å². The Bertz CT molecular complexity index is 2130. The number of ether oxygens (including phenoxy) is 1. The van der Waals surface area contributed by atoms with Crippen LogP contribution >= 0.6 is 0 Å². The van der Waals surface area contributed by atoms with E-state index in [0.717, 1.165) is 17.2 Å². The molecule has 0 saturated heterocycles. The number of aromatic nitrogens is 3. The van der Waals surface area contributed by atoms with Crippen molar-refractivity contribution in [3.63, 3.8) is 0 Å². The first-order valence-corrected chi connectivity index (χ1v) is 22.3. The predicted octanol–water partition coefficient (Wildman–Crippen LogP) is 7.97. The van der Waals surface area contributed by atoms with Gasteiger partial charge in [-0.1, -0.05) is 77.0 Å². The van der Waals surface area contributed by atoms with Gasteiger partial charge in [-0.05, 0) is 68.2 Å². The lowest BCUT2D eigenvalue weighted by Gasteiger charge is -2.36. The number of benzene rings is 2. The average Bonchev–Trinajstić information content (AvgIpc) is 3.54. The number of sulfone groups is 1. The standard InChI is InChI=1S/C39H50FN5O7SSi/c1-37(2,3)35-43-33(44-52-35)27-18-31-32(19-28(27)40)53(48,49)23-30(42-36(47)51-38(4,5)6)34(46)45(31)21-25-14-17-29(41-20-25)26-15-12-24(13-16-26)22-50-54(10,11)39(7,8)9/h12-20,30H,21-23H2,1-11H3,(H,42,47)/t30-/m0/s1. The SMILES string of the molecule is CC(C)(C)OC(=O)N[C@H]1CS(=O)(=O)c2cc(F)c(-c3noc(C(C)(C)C)n3)cc2N(Cc2ccc(-c3ccc(CO[Si](C)(C)C(C)(C)C)cc3)nc2)C1=O. The number of amides is 2. The van der Waals surface area contributed by atoms with Gasteiger partial charge in [0.25, 0.3) is 5.91 Å². The van der Waals surface area contributed by atoms with Crippen molar-refractivity contribution in [2.24, 2.45) is 0 Å². The third kappa shape index (κ3) is 9.24. The molecule has 5 rings (SSSR count). The van der Waals surface area contributed by atoms with Crippen molar-refractivity contribution in [3.05, 3.63) is 77.6 Å². The average molecular weight is 780 g/mol. The smallest absolute Gasteiger partial charge is 0.408 e. The first kappa shape index (κ1) is 40.7. The van der Waals surface area contributed by atoms with Crippen molar-refractivity contribution in [2.75, 3.05) is 10.7 Å². The van der Waals surface area contributed by atoms with E-state index in [2.05, 4.69) is 54.3 Å². The number of carbonyl (C=O) groups is 2. The van der Waals surface area contributed by atoms with E-state index >= 15 is 4.39 Å². The molecule has 4 aromatic rings. The highest BCUT2D eigenvalue weighted by molar-refractivity contribution is 7.91. The molecule has 0 bridgehead atoms. The van der Waals surface area contributed by atoms with Gasteiger partial charge in [0.15, 0.2) is 18.2 Å². The molecule has 1 aliphatic rings. The Morgan fingerprint density at radius 1 is 1.00 bits per heavy atom. The maximum Gasteiger partial charge on any atom is 0.408 e. The third-order valence-corrected chi connectivity index (χ3v) is 15.7. The molecule has 2 amide bonds. The lowest BCUT2D eigenvalue weighted by atomic mass is 9.97. The fourth-order valence-corrected chi connectivity index (χ4v) is 7.92. The Labute approximate surface area is 317 Å². The molecular weight excluding hydrogens is 730 g/mol. The molecule has 0 fully saturated rings.